The number of rotatable bonds is 2. The molecule has 6 heteroatoms. The van der Waals surface area contributed by atoms with Crippen LogP contribution in [0.2, 0.25) is 0 Å². The summed E-state index contributed by atoms with van der Waals surface area (Å²) >= 11 is 1.44. The zero-order chi connectivity index (χ0) is 13.6. The number of nitrogens with two attached hydrogens (primary N) is 1. The molecule has 0 aliphatic carbocycles. The van der Waals surface area contributed by atoms with E-state index >= 15 is 0 Å². The molecule has 2 heterocycles. The van der Waals surface area contributed by atoms with Crippen LogP contribution < -0.4 is 5.73 Å². The third-order valence-corrected chi connectivity index (χ3v) is 3.91. The van der Waals surface area contributed by atoms with E-state index in [9.17, 15) is 9.59 Å². The molecule has 5 nitrogen and oxygen atoms in total. The van der Waals surface area contributed by atoms with Crippen LogP contribution in [0.3, 0.4) is 0 Å². The summed E-state index contributed by atoms with van der Waals surface area (Å²) in [6, 6.07) is 4.77. The van der Waals surface area contributed by atoms with Gasteiger partial charge in [-0.3, -0.25) is 14.5 Å². The van der Waals surface area contributed by atoms with Crippen molar-refractivity contribution < 1.29 is 9.59 Å². The number of amides is 2. The van der Waals surface area contributed by atoms with E-state index in [1.807, 2.05) is 12.3 Å². The van der Waals surface area contributed by atoms with E-state index in [4.69, 9.17) is 5.73 Å². The molecule has 2 N–H and O–H groups in total. The fourth-order valence-corrected chi connectivity index (χ4v) is 2.82. The number of nitrogen functional groups attached to an aromatic ring is 1. The average Bonchev–Trinajstić information content (AvgIpc) is 2.88. The molecule has 96 valence electrons. The highest BCUT2D eigenvalue weighted by Crippen LogP contribution is 2.26. The van der Waals surface area contributed by atoms with Crippen molar-refractivity contribution in [3.8, 4) is 0 Å². The second-order valence-electron chi connectivity index (χ2n) is 4.38. The molecule has 0 saturated heterocycles. The van der Waals surface area contributed by atoms with Crippen molar-refractivity contribution in [2.45, 2.75) is 13.5 Å². The predicted octanol–water partition coefficient (Wildman–Crippen LogP) is 1.83. The van der Waals surface area contributed by atoms with E-state index in [1.54, 1.807) is 18.2 Å². The quantitative estimate of drug-likeness (QED) is 0.669. The molecule has 0 unspecified atom stereocenters. The summed E-state index contributed by atoms with van der Waals surface area (Å²) in [4.78, 5) is 29.8. The Balaban J connectivity index is 1.94. The number of anilines is 1. The zero-order valence-electron chi connectivity index (χ0n) is 10.2. The summed E-state index contributed by atoms with van der Waals surface area (Å²) < 4.78 is 0. The van der Waals surface area contributed by atoms with Gasteiger partial charge in [-0.1, -0.05) is 0 Å². The fourth-order valence-electron chi connectivity index (χ4n) is 2.06. The number of thiazole rings is 1. The van der Waals surface area contributed by atoms with Gasteiger partial charge in [0.1, 0.15) is 5.01 Å². The van der Waals surface area contributed by atoms with E-state index in [2.05, 4.69) is 4.98 Å². The van der Waals surface area contributed by atoms with Gasteiger partial charge in [-0.05, 0) is 25.1 Å². The lowest BCUT2D eigenvalue weighted by molar-refractivity contribution is 0.0642. The van der Waals surface area contributed by atoms with Gasteiger partial charge in [0.15, 0.2) is 0 Å². The average molecular weight is 273 g/mol. The van der Waals surface area contributed by atoms with Crippen LogP contribution in [-0.2, 0) is 6.54 Å². The number of benzene rings is 1. The highest BCUT2D eigenvalue weighted by atomic mass is 32.1. The molecule has 1 aromatic carbocycles. The van der Waals surface area contributed by atoms with E-state index in [0.717, 1.165) is 10.7 Å². The summed E-state index contributed by atoms with van der Waals surface area (Å²) in [6.45, 7) is 2.09. The molecule has 3 rings (SSSR count). The minimum absolute atomic E-state index is 0.213. The topological polar surface area (TPSA) is 76.3 Å². The lowest BCUT2D eigenvalue weighted by Gasteiger charge is -2.11. The van der Waals surface area contributed by atoms with Gasteiger partial charge in [0, 0.05) is 16.8 Å². The minimum Gasteiger partial charge on any atom is -0.399 e. The fraction of sp³-hybridized carbons (Fsp3) is 0.154. The van der Waals surface area contributed by atoms with Crippen molar-refractivity contribution in [3.63, 3.8) is 0 Å². The second kappa shape index (κ2) is 4.17. The molecule has 1 aliphatic heterocycles. The number of fused-ring (bicyclic) bond motifs is 1. The Bertz CT molecular complexity index is 693. The summed E-state index contributed by atoms with van der Waals surface area (Å²) in [7, 11) is 0. The van der Waals surface area contributed by atoms with Crippen molar-refractivity contribution in [2.75, 3.05) is 5.73 Å². The molecule has 1 aliphatic rings. The summed E-state index contributed by atoms with van der Waals surface area (Å²) in [6.07, 6.45) is 0. The largest absolute Gasteiger partial charge is 0.399 e. The van der Waals surface area contributed by atoms with Crippen molar-refractivity contribution in [1.82, 2.24) is 9.88 Å². The molecule has 0 radical (unpaired) electrons. The van der Waals surface area contributed by atoms with Crippen LogP contribution in [0, 0.1) is 6.92 Å². The van der Waals surface area contributed by atoms with Crippen LogP contribution in [0.25, 0.3) is 0 Å². The first-order valence-corrected chi connectivity index (χ1v) is 6.61. The predicted molar refractivity (Wildman–Crippen MR) is 71.9 cm³/mol. The van der Waals surface area contributed by atoms with Gasteiger partial charge in [-0.2, -0.15) is 0 Å². The Kier molecular flexibility index (Phi) is 2.60. The van der Waals surface area contributed by atoms with Gasteiger partial charge < -0.3 is 5.73 Å². The number of nitrogens with zero attached hydrogens (tertiary/aromatic N) is 2. The van der Waals surface area contributed by atoms with Crippen molar-refractivity contribution in [3.05, 3.63) is 45.4 Å². The summed E-state index contributed by atoms with van der Waals surface area (Å²) in [5.41, 5.74) is 7.80. The first-order chi connectivity index (χ1) is 9.06. The monoisotopic (exact) mass is 273 g/mol. The standard InChI is InChI=1S/C13H11N3O2S/c1-7-6-19-11(15-7)5-16-12(17)9-3-2-8(14)4-10(9)13(16)18/h2-4,6H,5,14H2,1H3. The Morgan fingerprint density at radius 1 is 1.26 bits per heavy atom. The number of hydrogen-bond donors (Lipinski definition) is 1. The number of carbonyl (C=O) groups excluding carboxylic acids is 2. The smallest absolute Gasteiger partial charge is 0.262 e. The molecule has 0 atom stereocenters. The van der Waals surface area contributed by atoms with Crippen LogP contribution in [0.1, 0.15) is 31.4 Å². The van der Waals surface area contributed by atoms with Gasteiger partial charge in [0.05, 0.1) is 17.7 Å². The van der Waals surface area contributed by atoms with Gasteiger partial charge in [-0.25, -0.2) is 4.98 Å². The van der Waals surface area contributed by atoms with Gasteiger partial charge in [0.2, 0.25) is 0 Å². The molecule has 19 heavy (non-hydrogen) atoms. The molecule has 0 spiro atoms. The maximum Gasteiger partial charge on any atom is 0.262 e. The van der Waals surface area contributed by atoms with Crippen LogP contribution in [0.5, 0.6) is 0 Å². The molecule has 2 amide bonds. The lowest BCUT2D eigenvalue weighted by Crippen LogP contribution is -2.29. The lowest BCUT2D eigenvalue weighted by atomic mass is 10.1. The van der Waals surface area contributed by atoms with E-state index in [1.165, 1.54) is 16.2 Å². The highest BCUT2D eigenvalue weighted by Gasteiger charge is 2.35. The van der Waals surface area contributed by atoms with Crippen LogP contribution in [-0.4, -0.2) is 21.7 Å². The van der Waals surface area contributed by atoms with Gasteiger partial charge in [-0.15, -0.1) is 11.3 Å². The Morgan fingerprint density at radius 3 is 2.68 bits per heavy atom. The Hall–Kier alpha value is -2.21. The molecule has 0 fully saturated rings. The number of carbonyl (C=O) groups is 2. The van der Waals surface area contributed by atoms with Gasteiger partial charge in [0.25, 0.3) is 11.8 Å². The number of imide groups is 1. The van der Waals surface area contributed by atoms with Crippen molar-refractivity contribution in [1.29, 1.82) is 0 Å². The van der Waals surface area contributed by atoms with Gasteiger partial charge >= 0.3 is 0 Å². The number of aryl methyl sites for hydroxylation is 1. The second-order valence-corrected chi connectivity index (χ2v) is 5.33. The van der Waals surface area contributed by atoms with E-state index in [-0.39, 0.29) is 18.4 Å². The summed E-state index contributed by atoms with van der Waals surface area (Å²) in [5, 5.41) is 2.64. The number of aromatic nitrogens is 1. The SMILES string of the molecule is Cc1csc(CN2C(=O)c3ccc(N)cc3C2=O)n1. The highest BCUT2D eigenvalue weighted by molar-refractivity contribution is 7.09. The Morgan fingerprint density at radius 2 is 2.00 bits per heavy atom. The maximum atomic E-state index is 12.2. The van der Waals surface area contributed by atoms with Crippen LogP contribution >= 0.6 is 11.3 Å². The minimum atomic E-state index is -0.305. The first-order valence-electron chi connectivity index (χ1n) is 5.73. The molecule has 2 aromatic rings. The van der Waals surface area contributed by atoms with Crippen molar-refractivity contribution >= 4 is 28.8 Å². The third-order valence-electron chi connectivity index (χ3n) is 2.95. The third kappa shape index (κ3) is 1.90. The van der Waals surface area contributed by atoms with Crippen LogP contribution in [0.4, 0.5) is 5.69 Å². The van der Waals surface area contributed by atoms with Crippen LogP contribution in [0.15, 0.2) is 23.6 Å². The van der Waals surface area contributed by atoms with E-state index < -0.39 is 0 Å². The number of hydrogen-bond acceptors (Lipinski definition) is 5. The molecular weight excluding hydrogens is 262 g/mol. The zero-order valence-corrected chi connectivity index (χ0v) is 11.0. The normalized spacial score (nSPS) is 14.1. The molecular formula is C13H11N3O2S. The summed E-state index contributed by atoms with van der Waals surface area (Å²) in [5.74, 6) is -0.590. The first kappa shape index (κ1) is 11.9. The van der Waals surface area contributed by atoms with Crippen molar-refractivity contribution in [2.24, 2.45) is 0 Å². The molecule has 0 saturated carbocycles. The molecule has 1 aromatic heterocycles. The Labute approximate surface area is 113 Å². The molecule has 0 bridgehead atoms. The van der Waals surface area contributed by atoms with E-state index in [0.29, 0.717) is 16.8 Å². The maximum absolute atomic E-state index is 12.2.